The molecule has 0 heterocycles. The maximum atomic E-state index is 4.85. The molecule has 0 atom stereocenters. The molecular formula is C13H29N. The van der Waals surface area contributed by atoms with Gasteiger partial charge in [-0.15, -0.1) is 0 Å². The number of hydrogen-bond donors (Lipinski definition) is 1. The molecule has 1 aliphatic carbocycles. The third-order valence-electron chi connectivity index (χ3n) is 3.24. The largest absolute Gasteiger partial charge is 0.331 e. The van der Waals surface area contributed by atoms with Gasteiger partial charge in [-0.3, -0.25) is 0 Å². The summed E-state index contributed by atoms with van der Waals surface area (Å²) in [5.74, 6) is 1.98. The van der Waals surface area contributed by atoms with Crippen molar-refractivity contribution in [1.82, 2.24) is 0 Å². The fourth-order valence-corrected chi connectivity index (χ4v) is 2.13. The number of nitrogens with two attached hydrogens (primary N) is 1. The first kappa shape index (κ1) is 14.0. The van der Waals surface area contributed by atoms with Gasteiger partial charge < -0.3 is 5.73 Å². The molecule has 86 valence electrons. The average Bonchev–Trinajstić information content (AvgIpc) is 2.04. The number of rotatable bonds is 0. The van der Waals surface area contributed by atoms with E-state index in [9.17, 15) is 0 Å². The van der Waals surface area contributed by atoms with Crippen molar-refractivity contribution in [1.29, 1.82) is 0 Å². The Hall–Kier alpha value is -0.0400. The topological polar surface area (TPSA) is 26.0 Å². The van der Waals surface area contributed by atoms with Crippen LogP contribution in [0.1, 0.15) is 60.3 Å². The second kappa shape index (κ2) is 6.44. The lowest BCUT2D eigenvalue weighted by atomic mass is 9.70. The van der Waals surface area contributed by atoms with Crippen LogP contribution >= 0.6 is 0 Å². The summed E-state index contributed by atoms with van der Waals surface area (Å²) in [4.78, 5) is 0. The second-order valence-corrected chi connectivity index (χ2v) is 5.73. The zero-order valence-corrected chi connectivity index (χ0v) is 10.8. The molecule has 0 bridgehead atoms. The van der Waals surface area contributed by atoms with E-state index in [1.165, 1.54) is 25.7 Å². The SMILES string of the molecule is CC1CCC(C(C)(C)C)CC1.CCN. The third-order valence-corrected chi connectivity index (χ3v) is 3.24. The third kappa shape index (κ3) is 5.64. The van der Waals surface area contributed by atoms with Crippen LogP contribution in [0, 0.1) is 17.3 Å². The molecule has 1 fully saturated rings. The zero-order chi connectivity index (χ0) is 11.2. The Morgan fingerprint density at radius 3 is 1.71 bits per heavy atom. The first-order valence-corrected chi connectivity index (χ1v) is 6.11. The van der Waals surface area contributed by atoms with Crippen molar-refractivity contribution in [2.45, 2.75) is 60.3 Å². The van der Waals surface area contributed by atoms with Crippen molar-refractivity contribution in [3.63, 3.8) is 0 Å². The average molecular weight is 199 g/mol. The van der Waals surface area contributed by atoms with Crippen LogP contribution in [0.4, 0.5) is 0 Å². The Kier molecular flexibility index (Phi) is 6.43. The molecule has 1 aliphatic rings. The summed E-state index contributed by atoms with van der Waals surface area (Å²) < 4.78 is 0. The summed E-state index contributed by atoms with van der Waals surface area (Å²) in [6.45, 7) is 12.2. The second-order valence-electron chi connectivity index (χ2n) is 5.73. The van der Waals surface area contributed by atoms with Crippen LogP contribution < -0.4 is 5.73 Å². The van der Waals surface area contributed by atoms with Gasteiger partial charge in [-0.1, -0.05) is 47.5 Å². The van der Waals surface area contributed by atoms with Crippen LogP contribution in [-0.2, 0) is 0 Å². The zero-order valence-electron chi connectivity index (χ0n) is 10.8. The predicted molar refractivity (Wildman–Crippen MR) is 65.3 cm³/mol. The smallest absolute Gasteiger partial charge is 0.0106 e. The lowest BCUT2D eigenvalue weighted by Crippen LogP contribution is -2.24. The molecule has 0 saturated heterocycles. The summed E-state index contributed by atoms with van der Waals surface area (Å²) in [5.41, 5.74) is 5.40. The summed E-state index contributed by atoms with van der Waals surface area (Å²) in [5, 5.41) is 0. The van der Waals surface area contributed by atoms with Crippen molar-refractivity contribution in [3.8, 4) is 0 Å². The molecule has 1 rings (SSSR count). The van der Waals surface area contributed by atoms with Crippen molar-refractivity contribution in [2.24, 2.45) is 23.0 Å². The fourth-order valence-electron chi connectivity index (χ4n) is 2.13. The Bertz CT molecular complexity index is 127. The van der Waals surface area contributed by atoms with E-state index in [0.717, 1.165) is 18.4 Å². The van der Waals surface area contributed by atoms with Gasteiger partial charge >= 0.3 is 0 Å². The van der Waals surface area contributed by atoms with E-state index in [1.54, 1.807) is 0 Å². The first-order valence-electron chi connectivity index (χ1n) is 6.11. The minimum absolute atomic E-state index is 0.556. The van der Waals surface area contributed by atoms with Crippen LogP contribution in [0.3, 0.4) is 0 Å². The van der Waals surface area contributed by atoms with Gasteiger partial charge in [-0.2, -0.15) is 0 Å². The molecule has 14 heavy (non-hydrogen) atoms. The van der Waals surface area contributed by atoms with E-state index >= 15 is 0 Å². The van der Waals surface area contributed by atoms with Gasteiger partial charge in [-0.25, -0.2) is 0 Å². The molecule has 1 heteroatoms. The molecule has 0 unspecified atom stereocenters. The standard InChI is InChI=1S/C11H22.C2H7N/c1-9-5-7-10(8-6-9)11(2,3)4;1-2-3/h9-10H,5-8H2,1-4H3;2-3H2,1H3. The molecule has 0 aromatic heterocycles. The lowest BCUT2D eigenvalue weighted by Gasteiger charge is -2.35. The highest BCUT2D eigenvalue weighted by atomic mass is 14.5. The fraction of sp³-hybridized carbons (Fsp3) is 1.00. The van der Waals surface area contributed by atoms with Gasteiger partial charge in [0.1, 0.15) is 0 Å². The Labute approximate surface area is 90.5 Å². The van der Waals surface area contributed by atoms with Gasteiger partial charge in [0.2, 0.25) is 0 Å². The Morgan fingerprint density at radius 1 is 1.07 bits per heavy atom. The van der Waals surface area contributed by atoms with Gasteiger partial charge in [-0.05, 0) is 36.6 Å². The summed E-state index contributed by atoms with van der Waals surface area (Å²) >= 11 is 0. The highest BCUT2D eigenvalue weighted by Gasteiger charge is 2.27. The van der Waals surface area contributed by atoms with Crippen LogP contribution in [0.5, 0.6) is 0 Å². The maximum Gasteiger partial charge on any atom is -0.0106 e. The minimum Gasteiger partial charge on any atom is -0.331 e. The van der Waals surface area contributed by atoms with Crippen molar-refractivity contribution in [2.75, 3.05) is 6.54 Å². The summed E-state index contributed by atoms with van der Waals surface area (Å²) in [6.07, 6.45) is 5.85. The molecule has 0 radical (unpaired) electrons. The molecule has 0 aromatic rings. The van der Waals surface area contributed by atoms with Gasteiger partial charge in [0.25, 0.3) is 0 Å². The molecular weight excluding hydrogens is 170 g/mol. The Balaban J connectivity index is 0.000000500. The molecule has 1 nitrogen and oxygen atoms in total. The minimum atomic E-state index is 0.556. The predicted octanol–water partition coefficient (Wildman–Crippen LogP) is 3.82. The van der Waals surface area contributed by atoms with Crippen LogP contribution in [0.15, 0.2) is 0 Å². The molecule has 2 N–H and O–H groups in total. The first-order chi connectivity index (χ1) is 6.41. The molecule has 0 amide bonds. The molecule has 1 saturated carbocycles. The van der Waals surface area contributed by atoms with E-state index in [4.69, 9.17) is 5.73 Å². The quantitative estimate of drug-likeness (QED) is 0.630. The Morgan fingerprint density at radius 2 is 1.43 bits per heavy atom. The highest BCUT2D eigenvalue weighted by Crippen LogP contribution is 2.39. The van der Waals surface area contributed by atoms with Crippen molar-refractivity contribution < 1.29 is 0 Å². The monoisotopic (exact) mass is 199 g/mol. The lowest BCUT2D eigenvalue weighted by molar-refractivity contribution is 0.155. The highest BCUT2D eigenvalue weighted by molar-refractivity contribution is 4.78. The van der Waals surface area contributed by atoms with E-state index in [2.05, 4.69) is 27.7 Å². The van der Waals surface area contributed by atoms with E-state index in [-0.39, 0.29) is 0 Å². The molecule has 0 aliphatic heterocycles. The van der Waals surface area contributed by atoms with E-state index < -0.39 is 0 Å². The van der Waals surface area contributed by atoms with Gasteiger partial charge in [0.05, 0.1) is 0 Å². The maximum absolute atomic E-state index is 4.85. The van der Waals surface area contributed by atoms with Crippen LogP contribution in [-0.4, -0.2) is 6.54 Å². The van der Waals surface area contributed by atoms with Crippen molar-refractivity contribution >= 4 is 0 Å². The van der Waals surface area contributed by atoms with Crippen LogP contribution in [0.2, 0.25) is 0 Å². The van der Waals surface area contributed by atoms with Crippen molar-refractivity contribution in [3.05, 3.63) is 0 Å². The summed E-state index contributed by atoms with van der Waals surface area (Å²) in [7, 11) is 0. The van der Waals surface area contributed by atoms with E-state index in [1.807, 2.05) is 6.92 Å². The van der Waals surface area contributed by atoms with Gasteiger partial charge in [0.15, 0.2) is 0 Å². The van der Waals surface area contributed by atoms with E-state index in [0.29, 0.717) is 5.41 Å². The van der Waals surface area contributed by atoms with Gasteiger partial charge in [0, 0.05) is 0 Å². The number of hydrogen-bond acceptors (Lipinski definition) is 1. The molecule has 0 aromatic carbocycles. The van der Waals surface area contributed by atoms with Crippen LogP contribution in [0.25, 0.3) is 0 Å². The summed E-state index contributed by atoms with van der Waals surface area (Å²) in [6, 6.07) is 0. The normalized spacial score (nSPS) is 27.9. The molecule has 0 spiro atoms.